The summed E-state index contributed by atoms with van der Waals surface area (Å²) in [6, 6.07) is 11.8. The zero-order chi connectivity index (χ0) is 19.7. The minimum atomic E-state index is -0.117. The molecule has 6 nitrogen and oxygen atoms in total. The first kappa shape index (κ1) is 18.6. The van der Waals surface area contributed by atoms with Crippen LogP contribution in [0, 0.1) is 0 Å². The van der Waals surface area contributed by atoms with Gasteiger partial charge < -0.3 is 19.5 Å². The predicted octanol–water partition coefficient (Wildman–Crippen LogP) is 3.56. The molecule has 1 N–H and O–H groups in total. The number of benzene rings is 1. The number of piperazine rings is 1. The van der Waals surface area contributed by atoms with Gasteiger partial charge in [-0.2, -0.15) is 0 Å². The predicted molar refractivity (Wildman–Crippen MR) is 106 cm³/mol. The molecule has 0 saturated carbocycles. The van der Waals surface area contributed by atoms with Gasteiger partial charge in [0.25, 0.3) is 5.91 Å². The lowest BCUT2D eigenvalue weighted by atomic mass is 9.71. The summed E-state index contributed by atoms with van der Waals surface area (Å²) in [5.74, 6) is 0.229. The van der Waals surface area contributed by atoms with Gasteiger partial charge in [0, 0.05) is 26.2 Å². The molecule has 1 aliphatic carbocycles. The van der Waals surface area contributed by atoms with E-state index in [-0.39, 0.29) is 23.4 Å². The van der Waals surface area contributed by atoms with Crippen LogP contribution in [0.4, 0.5) is 4.79 Å². The summed E-state index contributed by atoms with van der Waals surface area (Å²) in [4.78, 5) is 28.7. The number of nitrogens with one attached hydrogen (secondary N) is 1. The van der Waals surface area contributed by atoms with Crippen molar-refractivity contribution in [1.29, 1.82) is 0 Å². The van der Waals surface area contributed by atoms with Gasteiger partial charge in [0.1, 0.15) is 0 Å². The van der Waals surface area contributed by atoms with Crippen LogP contribution in [-0.2, 0) is 5.41 Å². The SMILES string of the molecule is CC1(C)CCC(NC(=O)N2CCN(C(=O)c3ccco3)CC2)c2ccccc21. The Balaban J connectivity index is 1.37. The second-order valence-electron chi connectivity index (χ2n) is 8.27. The summed E-state index contributed by atoms with van der Waals surface area (Å²) in [5, 5.41) is 3.22. The largest absolute Gasteiger partial charge is 0.459 e. The summed E-state index contributed by atoms with van der Waals surface area (Å²) in [7, 11) is 0. The van der Waals surface area contributed by atoms with E-state index in [1.165, 1.54) is 17.4 Å². The van der Waals surface area contributed by atoms with E-state index in [2.05, 4.69) is 37.4 Å². The van der Waals surface area contributed by atoms with Crippen LogP contribution in [0.3, 0.4) is 0 Å². The van der Waals surface area contributed by atoms with E-state index < -0.39 is 0 Å². The first-order valence-corrected chi connectivity index (χ1v) is 9.93. The molecular formula is C22H27N3O3. The maximum Gasteiger partial charge on any atom is 0.318 e. The second kappa shape index (κ2) is 7.34. The molecule has 1 aromatic heterocycles. The minimum absolute atomic E-state index is 0.0412. The minimum Gasteiger partial charge on any atom is -0.459 e. The number of hydrogen-bond donors (Lipinski definition) is 1. The monoisotopic (exact) mass is 381 g/mol. The maximum absolute atomic E-state index is 12.8. The number of urea groups is 1. The third-order valence-electron chi connectivity index (χ3n) is 6.01. The van der Waals surface area contributed by atoms with Crippen molar-refractivity contribution in [2.75, 3.05) is 26.2 Å². The lowest BCUT2D eigenvalue weighted by Gasteiger charge is -2.39. The Morgan fingerprint density at radius 1 is 1.04 bits per heavy atom. The smallest absolute Gasteiger partial charge is 0.318 e. The highest BCUT2D eigenvalue weighted by Gasteiger charge is 2.34. The Labute approximate surface area is 165 Å². The van der Waals surface area contributed by atoms with E-state index >= 15 is 0 Å². The molecule has 3 amide bonds. The van der Waals surface area contributed by atoms with Crippen molar-refractivity contribution < 1.29 is 14.0 Å². The van der Waals surface area contributed by atoms with Gasteiger partial charge in [-0.3, -0.25) is 4.79 Å². The van der Waals surface area contributed by atoms with Gasteiger partial charge in [-0.15, -0.1) is 0 Å². The zero-order valence-corrected chi connectivity index (χ0v) is 16.5. The lowest BCUT2D eigenvalue weighted by Crippen LogP contribution is -2.53. The highest BCUT2D eigenvalue weighted by atomic mass is 16.3. The van der Waals surface area contributed by atoms with Crippen LogP contribution in [0.1, 0.15) is 54.4 Å². The van der Waals surface area contributed by atoms with Crippen molar-refractivity contribution in [3.63, 3.8) is 0 Å². The van der Waals surface area contributed by atoms with E-state index in [9.17, 15) is 9.59 Å². The summed E-state index contributed by atoms with van der Waals surface area (Å²) in [5.41, 5.74) is 2.68. The molecule has 1 aliphatic heterocycles. The van der Waals surface area contributed by atoms with Crippen LogP contribution in [0.2, 0.25) is 0 Å². The molecule has 0 radical (unpaired) electrons. The molecule has 0 spiro atoms. The van der Waals surface area contributed by atoms with Crippen LogP contribution < -0.4 is 5.32 Å². The van der Waals surface area contributed by atoms with Crippen molar-refractivity contribution in [3.05, 3.63) is 59.5 Å². The van der Waals surface area contributed by atoms with Gasteiger partial charge in [0.05, 0.1) is 12.3 Å². The average molecular weight is 381 g/mol. The van der Waals surface area contributed by atoms with E-state index in [0.29, 0.717) is 31.9 Å². The maximum atomic E-state index is 12.8. The Kier molecular flexibility index (Phi) is 4.87. The summed E-state index contributed by atoms with van der Waals surface area (Å²) in [6.45, 7) is 6.61. The second-order valence-corrected chi connectivity index (χ2v) is 8.27. The molecule has 1 aromatic carbocycles. The number of rotatable bonds is 2. The Morgan fingerprint density at radius 3 is 2.46 bits per heavy atom. The van der Waals surface area contributed by atoms with E-state index in [4.69, 9.17) is 4.42 Å². The highest BCUT2D eigenvalue weighted by molar-refractivity contribution is 5.91. The molecule has 2 aliphatic rings. The summed E-state index contributed by atoms with van der Waals surface area (Å²) in [6.07, 6.45) is 3.48. The van der Waals surface area contributed by atoms with E-state index in [1.54, 1.807) is 21.9 Å². The molecule has 0 bridgehead atoms. The molecule has 2 aromatic rings. The topological polar surface area (TPSA) is 65.8 Å². The molecule has 1 fully saturated rings. The van der Waals surface area contributed by atoms with Crippen LogP contribution in [0.5, 0.6) is 0 Å². The van der Waals surface area contributed by atoms with Crippen LogP contribution in [-0.4, -0.2) is 47.9 Å². The number of carbonyl (C=O) groups excluding carboxylic acids is 2. The number of amides is 3. The van der Waals surface area contributed by atoms with Crippen molar-refractivity contribution in [2.24, 2.45) is 0 Å². The average Bonchev–Trinajstić information content (AvgIpc) is 3.25. The third kappa shape index (κ3) is 3.51. The van der Waals surface area contributed by atoms with Gasteiger partial charge in [-0.1, -0.05) is 38.1 Å². The Morgan fingerprint density at radius 2 is 1.75 bits per heavy atom. The van der Waals surface area contributed by atoms with Crippen molar-refractivity contribution in [3.8, 4) is 0 Å². The lowest BCUT2D eigenvalue weighted by molar-refractivity contribution is 0.0632. The zero-order valence-electron chi connectivity index (χ0n) is 16.5. The Bertz CT molecular complexity index is 852. The van der Waals surface area contributed by atoms with E-state index in [1.807, 2.05) is 6.07 Å². The van der Waals surface area contributed by atoms with Gasteiger partial charge >= 0.3 is 6.03 Å². The third-order valence-corrected chi connectivity index (χ3v) is 6.01. The molecule has 1 saturated heterocycles. The molecule has 1 atom stereocenters. The fourth-order valence-electron chi connectivity index (χ4n) is 4.27. The van der Waals surface area contributed by atoms with Crippen molar-refractivity contribution >= 4 is 11.9 Å². The molecule has 148 valence electrons. The quantitative estimate of drug-likeness (QED) is 0.865. The molecule has 4 rings (SSSR count). The van der Waals surface area contributed by atoms with Gasteiger partial charge in [0.2, 0.25) is 0 Å². The Hall–Kier alpha value is -2.76. The van der Waals surface area contributed by atoms with E-state index in [0.717, 1.165) is 12.8 Å². The van der Waals surface area contributed by atoms with Crippen molar-refractivity contribution in [2.45, 2.75) is 38.1 Å². The molecule has 28 heavy (non-hydrogen) atoms. The molecular weight excluding hydrogens is 354 g/mol. The van der Waals surface area contributed by atoms with Gasteiger partial charge in [0.15, 0.2) is 5.76 Å². The molecule has 6 heteroatoms. The molecule has 2 heterocycles. The van der Waals surface area contributed by atoms with Crippen molar-refractivity contribution in [1.82, 2.24) is 15.1 Å². The van der Waals surface area contributed by atoms with Gasteiger partial charge in [-0.05, 0) is 41.5 Å². The van der Waals surface area contributed by atoms with Crippen LogP contribution >= 0.6 is 0 Å². The number of fused-ring (bicyclic) bond motifs is 1. The number of furan rings is 1. The first-order chi connectivity index (χ1) is 13.5. The van der Waals surface area contributed by atoms with Crippen LogP contribution in [0.25, 0.3) is 0 Å². The first-order valence-electron chi connectivity index (χ1n) is 9.93. The normalized spacial score (nSPS) is 21.1. The number of carbonyl (C=O) groups is 2. The molecule has 1 unspecified atom stereocenters. The fraction of sp³-hybridized carbons (Fsp3) is 0.455. The number of hydrogen-bond acceptors (Lipinski definition) is 3. The number of nitrogens with zero attached hydrogens (tertiary/aromatic N) is 2. The van der Waals surface area contributed by atoms with Gasteiger partial charge in [-0.25, -0.2) is 4.79 Å². The van der Waals surface area contributed by atoms with Crippen LogP contribution in [0.15, 0.2) is 47.1 Å². The standard InChI is InChI=1S/C22H27N3O3/c1-22(2)10-9-18(16-6-3-4-7-17(16)22)23-21(27)25-13-11-24(12-14-25)20(26)19-8-5-15-28-19/h3-8,15,18H,9-14H2,1-2H3,(H,23,27). The highest BCUT2D eigenvalue weighted by Crippen LogP contribution is 2.41. The summed E-state index contributed by atoms with van der Waals surface area (Å²) >= 11 is 0. The summed E-state index contributed by atoms with van der Waals surface area (Å²) < 4.78 is 5.19. The fourth-order valence-corrected chi connectivity index (χ4v) is 4.27.